The third-order valence-corrected chi connectivity index (χ3v) is 3.93. The minimum absolute atomic E-state index is 0.0995. The van der Waals surface area contributed by atoms with Crippen LogP contribution in [0.2, 0.25) is 0 Å². The number of carboxylic acid groups (broad SMARTS) is 1. The minimum Gasteiger partial charge on any atom is -0.481 e. The van der Waals surface area contributed by atoms with Crippen molar-refractivity contribution >= 4 is 5.97 Å². The van der Waals surface area contributed by atoms with Gasteiger partial charge in [-0.1, -0.05) is 13.8 Å². The molecule has 0 aromatic heterocycles. The van der Waals surface area contributed by atoms with Gasteiger partial charge in [-0.05, 0) is 31.1 Å². The summed E-state index contributed by atoms with van der Waals surface area (Å²) >= 11 is 0. The summed E-state index contributed by atoms with van der Waals surface area (Å²) in [6.07, 6.45) is 3.86. The van der Waals surface area contributed by atoms with Crippen molar-refractivity contribution in [1.29, 1.82) is 0 Å². The number of rotatable bonds is 2. The second-order valence-corrected chi connectivity index (χ2v) is 5.56. The lowest BCUT2D eigenvalue weighted by atomic mass is 9.78. The Morgan fingerprint density at radius 3 is 2.13 bits per heavy atom. The molecule has 1 N–H and O–H groups in total. The Balaban J connectivity index is 1.83. The summed E-state index contributed by atoms with van der Waals surface area (Å²) in [6, 6.07) is 0.652. The van der Waals surface area contributed by atoms with Gasteiger partial charge < -0.3 is 5.11 Å². The molecule has 0 bridgehead atoms. The standard InChI is InChI=1S/C12H21NO2/c1-8-3-9(2)5-11(4-8)13-6-10(7-13)12(14)15/h8-11H,3-7H2,1-2H3,(H,14,15). The maximum atomic E-state index is 10.7. The highest BCUT2D eigenvalue weighted by atomic mass is 16.4. The first-order valence-corrected chi connectivity index (χ1v) is 6.03. The summed E-state index contributed by atoms with van der Waals surface area (Å²) < 4.78 is 0. The molecule has 2 unspecified atom stereocenters. The smallest absolute Gasteiger partial charge is 0.309 e. The number of carbonyl (C=O) groups is 1. The summed E-state index contributed by atoms with van der Waals surface area (Å²) in [5.74, 6) is 0.894. The zero-order valence-electron chi connectivity index (χ0n) is 9.65. The summed E-state index contributed by atoms with van der Waals surface area (Å²) in [5, 5.41) is 8.83. The number of aliphatic carboxylic acids is 1. The van der Waals surface area contributed by atoms with Crippen LogP contribution >= 0.6 is 0 Å². The molecule has 1 aliphatic heterocycles. The molecular formula is C12H21NO2. The topological polar surface area (TPSA) is 40.5 Å². The van der Waals surface area contributed by atoms with Gasteiger partial charge in [0, 0.05) is 19.1 Å². The lowest BCUT2D eigenvalue weighted by Gasteiger charge is -2.46. The van der Waals surface area contributed by atoms with Crippen molar-refractivity contribution in [2.75, 3.05) is 13.1 Å². The molecule has 0 aromatic rings. The monoisotopic (exact) mass is 211 g/mol. The highest BCUT2D eigenvalue weighted by molar-refractivity contribution is 5.71. The molecule has 1 aliphatic carbocycles. The van der Waals surface area contributed by atoms with Gasteiger partial charge in [0.05, 0.1) is 5.92 Å². The molecule has 1 saturated heterocycles. The van der Waals surface area contributed by atoms with Gasteiger partial charge in [0.1, 0.15) is 0 Å². The number of hydrogen-bond acceptors (Lipinski definition) is 2. The average molecular weight is 211 g/mol. The summed E-state index contributed by atoms with van der Waals surface area (Å²) in [4.78, 5) is 13.1. The predicted molar refractivity (Wildman–Crippen MR) is 58.7 cm³/mol. The zero-order chi connectivity index (χ0) is 11.0. The van der Waals surface area contributed by atoms with Gasteiger partial charge in [-0.3, -0.25) is 9.69 Å². The molecule has 1 saturated carbocycles. The van der Waals surface area contributed by atoms with E-state index in [1.165, 1.54) is 19.3 Å². The van der Waals surface area contributed by atoms with E-state index in [0.29, 0.717) is 6.04 Å². The number of carboxylic acids is 1. The fourth-order valence-electron chi connectivity index (χ4n) is 3.17. The first-order chi connectivity index (χ1) is 7.06. The van der Waals surface area contributed by atoms with Gasteiger partial charge in [0.15, 0.2) is 0 Å². The van der Waals surface area contributed by atoms with Crippen LogP contribution in [-0.4, -0.2) is 35.1 Å². The fourth-order valence-corrected chi connectivity index (χ4v) is 3.17. The number of likely N-dealkylation sites (tertiary alicyclic amines) is 1. The number of nitrogens with zero attached hydrogens (tertiary/aromatic N) is 1. The van der Waals surface area contributed by atoms with Gasteiger partial charge in [-0.25, -0.2) is 0 Å². The van der Waals surface area contributed by atoms with Crippen LogP contribution < -0.4 is 0 Å². The predicted octanol–water partition coefficient (Wildman–Crippen LogP) is 1.83. The Bertz CT molecular complexity index is 238. The highest BCUT2D eigenvalue weighted by Crippen LogP contribution is 2.34. The molecule has 3 nitrogen and oxygen atoms in total. The molecule has 2 aliphatic rings. The van der Waals surface area contributed by atoms with Crippen LogP contribution in [0.3, 0.4) is 0 Å². The highest BCUT2D eigenvalue weighted by Gasteiger charge is 2.38. The number of hydrogen-bond donors (Lipinski definition) is 1. The SMILES string of the molecule is CC1CC(C)CC(N2CC(C(=O)O)C2)C1. The van der Waals surface area contributed by atoms with Crippen molar-refractivity contribution in [3.63, 3.8) is 0 Å². The summed E-state index contributed by atoms with van der Waals surface area (Å²) in [6.45, 7) is 6.19. The van der Waals surface area contributed by atoms with Crippen molar-refractivity contribution in [2.24, 2.45) is 17.8 Å². The Kier molecular flexibility index (Phi) is 3.01. The lowest BCUT2D eigenvalue weighted by Crippen LogP contribution is -2.56. The molecule has 2 fully saturated rings. The van der Waals surface area contributed by atoms with Crippen molar-refractivity contribution < 1.29 is 9.90 Å². The molecule has 2 rings (SSSR count). The molecular weight excluding hydrogens is 190 g/mol. The van der Waals surface area contributed by atoms with E-state index in [-0.39, 0.29) is 5.92 Å². The van der Waals surface area contributed by atoms with E-state index >= 15 is 0 Å². The zero-order valence-corrected chi connectivity index (χ0v) is 9.65. The van der Waals surface area contributed by atoms with Crippen LogP contribution in [0.1, 0.15) is 33.1 Å². The van der Waals surface area contributed by atoms with Crippen molar-refractivity contribution in [2.45, 2.75) is 39.2 Å². The van der Waals surface area contributed by atoms with E-state index in [1.807, 2.05) is 0 Å². The molecule has 0 spiro atoms. The second-order valence-electron chi connectivity index (χ2n) is 5.56. The normalized spacial score (nSPS) is 38.7. The maximum Gasteiger partial charge on any atom is 0.309 e. The Labute approximate surface area is 91.5 Å². The minimum atomic E-state index is -0.622. The average Bonchev–Trinajstić information content (AvgIpc) is 1.97. The van der Waals surface area contributed by atoms with Crippen LogP contribution in [0.15, 0.2) is 0 Å². The van der Waals surface area contributed by atoms with E-state index in [0.717, 1.165) is 24.9 Å². The first kappa shape index (κ1) is 10.9. The van der Waals surface area contributed by atoms with E-state index in [4.69, 9.17) is 5.11 Å². The third kappa shape index (κ3) is 2.33. The third-order valence-electron chi connectivity index (χ3n) is 3.93. The Morgan fingerprint density at radius 1 is 1.13 bits per heavy atom. The summed E-state index contributed by atoms with van der Waals surface area (Å²) in [7, 11) is 0. The van der Waals surface area contributed by atoms with Crippen LogP contribution in [0.5, 0.6) is 0 Å². The molecule has 15 heavy (non-hydrogen) atoms. The van der Waals surface area contributed by atoms with E-state index in [2.05, 4.69) is 18.7 Å². The summed E-state index contributed by atoms with van der Waals surface area (Å²) in [5.41, 5.74) is 0. The largest absolute Gasteiger partial charge is 0.481 e. The van der Waals surface area contributed by atoms with Gasteiger partial charge >= 0.3 is 5.97 Å². The molecule has 0 aromatic carbocycles. The molecule has 0 amide bonds. The molecule has 86 valence electrons. The second kappa shape index (κ2) is 4.12. The van der Waals surface area contributed by atoms with Crippen LogP contribution in [-0.2, 0) is 4.79 Å². The quantitative estimate of drug-likeness (QED) is 0.757. The Hall–Kier alpha value is -0.570. The van der Waals surface area contributed by atoms with Crippen LogP contribution in [0.4, 0.5) is 0 Å². The van der Waals surface area contributed by atoms with Crippen LogP contribution in [0.25, 0.3) is 0 Å². The molecule has 3 heteroatoms. The fraction of sp³-hybridized carbons (Fsp3) is 0.917. The van der Waals surface area contributed by atoms with Gasteiger partial charge in [0.2, 0.25) is 0 Å². The van der Waals surface area contributed by atoms with E-state index in [9.17, 15) is 4.79 Å². The van der Waals surface area contributed by atoms with Crippen molar-refractivity contribution in [3.05, 3.63) is 0 Å². The lowest BCUT2D eigenvalue weighted by molar-refractivity contribution is -0.149. The Morgan fingerprint density at radius 2 is 1.67 bits per heavy atom. The van der Waals surface area contributed by atoms with E-state index < -0.39 is 5.97 Å². The van der Waals surface area contributed by atoms with Gasteiger partial charge in [-0.2, -0.15) is 0 Å². The van der Waals surface area contributed by atoms with Crippen molar-refractivity contribution in [3.8, 4) is 0 Å². The molecule has 1 heterocycles. The molecule has 2 atom stereocenters. The van der Waals surface area contributed by atoms with E-state index in [1.54, 1.807) is 0 Å². The molecule has 0 radical (unpaired) electrons. The first-order valence-electron chi connectivity index (χ1n) is 6.03. The van der Waals surface area contributed by atoms with Crippen LogP contribution in [0, 0.1) is 17.8 Å². The van der Waals surface area contributed by atoms with Gasteiger partial charge in [0.25, 0.3) is 0 Å². The maximum absolute atomic E-state index is 10.7. The van der Waals surface area contributed by atoms with Gasteiger partial charge in [-0.15, -0.1) is 0 Å². The van der Waals surface area contributed by atoms with Crippen molar-refractivity contribution in [1.82, 2.24) is 4.90 Å².